The van der Waals surface area contributed by atoms with Crippen LogP contribution in [0.25, 0.3) is 5.69 Å². The van der Waals surface area contributed by atoms with E-state index in [4.69, 9.17) is 11.6 Å². The molecule has 0 bridgehead atoms. The van der Waals surface area contributed by atoms with E-state index in [9.17, 15) is 9.90 Å². The van der Waals surface area contributed by atoms with Crippen LogP contribution in [0.4, 0.5) is 0 Å². The molecule has 0 amide bonds. The number of pyridine rings is 1. The molecule has 0 atom stereocenters. The molecule has 0 aliphatic carbocycles. The van der Waals surface area contributed by atoms with Crippen LogP contribution in [-0.4, -0.2) is 9.67 Å². The van der Waals surface area contributed by atoms with Gasteiger partial charge in [-0.15, -0.1) is 0 Å². The molecule has 1 aromatic carbocycles. The first kappa shape index (κ1) is 12.3. The topological polar surface area (TPSA) is 42.2 Å². The Balaban J connectivity index is 2.49. The maximum Gasteiger partial charge on any atom is 0.261 e. The van der Waals surface area contributed by atoms with Gasteiger partial charge in [0.25, 0.3) is 5.56 Å². The molecule has 1 aromatic heterocycles. The molecule has 2 aromatic rings. The van der Waals surface area contributed by atoms with Crippen molar-refractivity contribution >= 4 is 11.6 Å². The number of rotatable bonds is 0. The zero-order valence-corrected chi connectivity index (χ0v) is 11.7. The van der Waals surface area contributed by atoms with Gasteiger partial charge in [-0.05, 0) is 30.7 Å². The Kier molecular flexibility index (Phi) is 2.36. The average Bonchev–Trinajstić information content (AvgIpc) is 2.56. The second kappa shape index (κ2) is 3.64. The molecule has 0 unspecified atom stereocenters. The second-order valence-electron chi connectivity index (χ2n) is 5.47. The lowest BCUT2D eigenvalue weighted by molar-refractivity contribution is 0.464. The fraction of sp³-hybridized carbons (Fsp3) is 0.267. The van der Waals surface area contributed by atoms with Crippen molar-refractivity contribution in [3.8, 4) is 11.4 Å². The van der Waals surface area contributed by atoms with E-state index in [-0.39, 0.29) is 16.7 Å². The Hall–Kier alpha value is -1.74. The Bertz CT molecular complexity index is 759. The van der Waals surface area contributed by atoms with E-state index in [0.29, 0.717) is 10.6 Å². The highest BCUT2D eigenvalue weighted by Crippen LogP contribution is 2.43. The molecule has 0 radical (unpaired) electrons. The molecule has 4 heteroatoms. The van der Waals surface area contributed by atoms with E-state index in [2.05, 4.69) is 0 Å². The Morgan fingerprint density at radius 3 is 2.63 bits per heavy atom. The standard InChI is InChI=1S/C15H14ClNO2/c1-8-12(18)7-13-15(2,3)10-6-9(16)4-5-11(10)17(13)14(8)19/h4-7,18H,1-3H3. The molecule has 1 N–H and O–H groups in total. The summed E-state index contributed by atoms with van der Waals surface area (Å²) in [7, 11) is 0. The van der Waals surface area contributed by atoms with Crippen LogP contribution in [0.1, 0.15) is 30.7 Å². The molecule has 3 rings (SSSR count). The van der Waals surface area contributed by atoms with Crippen LogP contribution in [0.2, 0.25) is 5.02 Å². The SMILES string of the molecule is Cc1c(O)cc2n(c1=O)-c1ccc(Cl)cc1C2(C)C. The number of aromatic nitrogens is 1. The van der Waals surface area contributed by atoms with E-state index in [0.717, 1.165) is 16.9 Å². The Labute approximate surface area is 116 Å². The molecular weight excluding hydrogens is 262 g/mol. The van der Waals surface area contributed by atoms with Gasteiger partial charge >= 0.3 is 0 Å². The molecule has 3 nitrogen and oxygen atoms in total. The Morgan fingerprint density at radius 1 is 1.26 bits per heavy atom. The van der Waals surface area contributed by atoms with E-state index in [1.807, 2.05) is 26.0 Å². The van der Waals surface area contributed by atoms with Gasteiger partial charge in [0, 0.05) is 22.2 Å². The van der Waals surface area contributed by atoms with E-state index in [1.165, 1.54) is 0 Å². The van der Waals surface area contributed by atoms with Gasteiger partial charge < -0.3 is 5.11 Å². The summed E-state index contributed by atoms with van der Waals surface area (Å²) in [5.74, 6) is 0.0447. The minimum atomic E-state index is -0.357. The number of hydrogen-bond acceptors (Lipinski definition) is 2. The maximum absolute atomic E-state index is 12.4. The highest BCUT2D eigenvalue weighted by Gasteiger charge is 2.37. The highest BCUT2D eigenvalue weighted by atomic mass is 35.5. The molecular formula is C15H14ClNO2. The first-order valence-corrected chi connectivity index (χ1v) is 6.48. The third-order valence-corrected chi connectivity index (χ3v) is 4.17. The number of nitrogens with zero attached hydrogens (tertiary/aromatic N) is 1. The summed E-state index contributed by atoms with van der Waals surface area (Å²) in [6.45, 7) is 5.68. The van der Waals surface area contributed by atoms with Gasteiger partial charge in [-0.3, -0.25) is 9.36 Å². The van der Waals surface area contributed by atoms with Crippen molar-refractivity contribution in [2.24, 2.45) is 0 Å². The van der Waals surface area contributed by atoms with Gasteiger partial charge in [-0.25, -0.2) is 0 Å². The number of hydrogen-bond donors (Lipinski definition) is 1. The third kappa shape index (κ3) is 1.48. The number of halogens is 1. The van der Waals surface area contributed by atoms with Crippen molar-refractivity contribution in [2.45, 2.75) is 26.2 Å². The van der Waals surface area contributed by atoms with Crippen molar-refractivity contribution in [3.05, 3.63) is 56.5 Å². The molecule has 19 heavy (non-hydrogen) atoms. The number of fused-ring (bicyclic) bond motifs is 3. The maximum atomic E-state index is 12.4. The van der Waals surface area contributed by atoms with Crippen molar-refractivity contribution < 1.29 is 5.11 Å². The van der Waals surface area contributed by atoms with Crippen LogP contribution in [0.5, 0.6) is 5.75 Å². The summed E-state index contributed by atoms with van der Waals surface area (Å²) >= 11 is 6.06. The molecule has 0 fully saturated rings. The quantitative estimate of drug-likeness (QED) is 0.802. The van der Waals surface area contributed by atoms with Gasteiger partial charge in [0.05, 0.1) is 11.3 Å². The number of benzene rings is 1. The molecule has 1 aliphatic heterocycles. The van der Waals surface area contributed by atoms with Crippen LogP contribution in [0.3, 0.4) is 0 Å². The van der Waals surface area contributed by atoms with E-state index >= 15 is 0 Å². The van der Waals surface area contributed by atoms with Crippen LogP contribution < -0.4 is 5.56 Å². The first-order valence-electron chi connectivity index (χ1n) is 6.10. The predicted octanol–water partition coefficient (Wildman–Crippen LogP) is 3.14. The summed E-state index contributed by atoms with van der Waals surface area (Å²) in [5, 5.41) is 10.5. The summed E-state index contributed by atoms with van der Waals surface area (Å²) in [6.07, 6.45) is 0. The number of aromatic hydroxyl groups is 1. The monoisotopic (exact) mass is 275 g/mol. The summed E-state index contributed by atoms with van der Waals surface area (Å²) in [6, 6.07) is 7.19. The van der Waals surface area contributed by atoms with Gasteiger partial charge in [0.1, 0.15) is 5.75 Å². The lowest BCUT2D eigenvalue weighted by atomic mass is 9.83. The molecule has 98 valence electrons. The molecule has 0 saturated carbocycles. The van der Waals surface area contributed by atoms with Crippen molar-refractivity contribution in [3.63, 3.8) is 0 Å². The first-order chi connectivity index (χ1) is 8.84. The fourth-order valence-electron chi connectivity index (χ4n) is 2.73. The zero-order chi connectivity index (χ0) is 13.9. The lowest BCUT2D eigenvalue weighted by Gasteiger charge is -2.20. The minimum absolute atomic E-state index is 0.0447. The predicted molar refractivity (Wildman–Crippen MR) is 75.6 cm³/mol. The van der Waals surface area contributed by atoms with Crippen molar-refractivity contribution in [2.75, 3.05) is 0 Å². The fourth-order valence-corrected chi connectivity index (χ4v) is 2.90. The zero-order valence-electron chi connectivity index (χ0n) is 11.0. The molecule has 2 heterocycles. The van der Waals surface area contributed by atoms with Gasteiger partial charge in [-0.1, -0.05) is 25.4 Å². The smallest absolute Gasteiger partial charge is 0.261 e. The summed E-state index contributed by atoms with van der Waals surface area (Å²) < 4.78 is 1.67. The summed E-state index contributed by atoms with van der Waals surface area (Å²) in [5.41, 5.74) is 2.47. The minimum Gasteiger partial charge on any atom is -0.507 e. The van der Waals surface area contributed by atoms with Crippen molar-refractivity contribution in [1.82, 2.24) is 4.57 Å². The average molecular weight is 276 g/mol. The highest BCUT2D eigenvalue weighted by molar-refractivity contribution is 6.30. The van der Waals surface area contributed by atoms with Crippen LogP contribution in [-0.2, 0) is 5.41 Å². The van der Waals surface area contributed by atoms with Gasteiger partial charge in [-0.2, -0.15) is 0 Å². The molecule has 0 spiro atoms. The second-order valence-corrected chi connectivity index (χ2v) is 5.90. The van der Waals surface area contributed by atoms with E-state index in [1.54, 1.807) is 23.6 Å². The van der Waals surface area contributed by atoms with Gasteiger partial charge in [0.15, 0.2) is 0 Å². The Morgan fingerprint density at radius 2 is 1.95 bits per heavy atom. The van der Waals surface area contributed by atoms with Crippen LogP contribution in [0.15, 0.2) is 29.1 Å². The molecule has 1 aliphatic rings. The van der Waals surface area contributed by atoms with Crippen LogP contribution in [0, 0.1) is 6.92 Å². The normalized spacial score (nSPS) is 15.2. The largest absolute Gasteiger partial charge is 0.507 e. The van der Waals surface area contributed by atoms with Gasteiger partial charge in [0.2, 0.25) is 0 Å². The summed E-state index contributed by atoms with van der Waals surface area (Å²) in [4.78, 5) is 12.4. The third-order valence-electron chi connectivity index (χ3n) is 3.94. The van der Waals surface area contributed by atoms with E-state index < -0.39 is 0 Å². The lowest BCUT2D eigenvalue weighted by Crippen LogP contribution is -2.24. The van der Waals surface area contributed by atoms with Crippen LogP contribution >= 0.6 is 11.6 Å². The van der Waals surface area contributed by atoms with Crippen molar-refractivity contribution in [1.29, 1.82) is 0 Å². The molecule has 0 saturated heterocycles.